The number of nitrogens with two attached hydrogens (primary N) is 1. The molecule has 3 rings (SSSR count). The topological polar surface area (TPSA) is 64.3 Å². The van der Waals surface area contributed by atoms with Gasteiger partial charge in [0.2, 0.25) is 0 Å². The van der Waals surface area contributed by atoms with Gasteiger partial charge in [-0.1, -0.05) is 45.0 Å². The molecule has 0 bridgehead atoms. The second kappa shape index (κ2) is 8.63. The van der Waals surface area contributed by atoms with E-state index in [0.29, 0.717) is 25.6 Å². The summed E-state index contributed by atoms with van der Waals surface area (Å²) in [5, 5.41) is 9.31. The van der Waals surface area contributed by atoms with Crippen LogP contribution in [0.2, 0.25) is 0 Å². The minimum atomic E-state index is 0. The Morgan fingerprint density at radius 3 is 2.37 bits per heavy atom. The van der Waals surface area contributed by atoms with Gasteiger partial charge in [0, 0.05) is 0 Å². The van der Waals surface area contributed by atoms with Gasteiger partial charge in [-0.2, -0.15) is 0 Å². The van der Waals surface area contributed by atoms with Gasteiger partial charge in [-0.3, -0.25) is 5.73 Å². The van der Waals surface area contributed by atoms with Crippen LogP contribution in [0.25, 0.3) is 11.0 Å². The Morgan fingerprint density at radius 2 is 1.74 bits per heavy atom. The van der Waals surface area contributed by atoms with Crippen molar-refractivity contribution in [3.05, 3.63) is 54.1 Å². The molecule has 0 fully saturated rings. The Hall–Kier alpha value is -2.24. The van der Waals surface area contributed by atoms with Crippen LogP contribution in [0, 0.1) is 0 Å². The van der Waals surface area contributed by atoms with Crippen LogP contribution >= 0.6 is 0 Å². The molecular formula is C21H28ClN3O2. The molecule has 1 heterocycles. The first-order chi connectivity index (χ1) is 12.4. The van der Waals surface area contributed by atoms with Crippen LogP contribution in [-0.4, -0.2) is 22.9 Å². The molecule has 6 heteroatoms. The maximum absolute atomic E-state index is 9.31. The Morgan fingerprint density at radius 1 is 1.07 bits per heavy atom. The number of aliphatic hydroxyl groups is 1. The first-order valence-electron chi connectivity index (χ1n) is 9.02. The van der Waals surface area contributed by atoms with E-state index in [0.717, 1.165) is 16.8 Å². The van der Waals surface area contributed by atoms with Crippen LogP contribution in [0.3, 0.4) is 0 Å². The van der Waals surface area contributed by atoms with Gasteiger partial charge < -0.3 is 22.3 Å². The number of para-hydroxylation sites is 2. The highest BCUT2D eigenvalue weighted by Crippen LogP contribution is 2.24. The number of hydrogen-bond acceptors (Lipinski definition) is 3. The van der Waals surface area contributed by atoms with E-state index in [1.54, 1.807) is 0 Å². The lowest BCUT2D eigenvalue weighted by atomic mass is 9.87. The minimum absolute atomic E-state index is 0. The van der Waals surface area contributed by atoms with Gasteiger partial charge in [0.05, 0.1) is 13.2 Å². The van der Waals surface area contributed by atoms with Gasteiger partial charge in [0.1, 0.15) is 29.9 Å². The lowest BCUT2D eigenvalue weighted by Gasteiger charge is -2.19. The molecule has 0 spiro atoms. The van der Waals surface area contributed by atoms with Crippen molar-refractivity contribution >= 4 is 17.0 Å². The fraction of sp³-hybridized carbons (Fsp3) is 0.381. The van der Waals surface area contributed by atoms with Crippen molar-refractivity contribution in [1.29, 1.82) is 0 Å². The molecule has 0 aliphatic heterocycles. The normalized spacial score (nSPS) is 11.4. The number of imidazole rings is 1. The van der Waals surface area contributed by atoms with E-state index in [2.05, 4.69) is 32.9 Å². The number of nitrogen functional groups attached to an aromatic ring is 1. The zero-order valence-electron chi connectivity index (χ0n) is 16.2. The van der Waals surface area contributed by atoms with E-state index in [1.165, 1.54) is 5.56 Å². The summed E-state index contributed by atoms with van der Waals surface area (Å²) in [5.41, 5.74) is 9.80. The summed E-state index contributed by atoms with van der Waals surface area (Å²) in [6.07, 6.45) is 0. The van der Waals surface area contributed by atoms with E-state index in [4.69, 9.17) is 10.5 Å². The van der Waals surface area contributed by atoms with Crippen LogP contribution < -0.4 is 27.4 Å². The van der Waals surface area contributed by atoms with E-state index in [9.17, 15) is 5.11 Å². The number of rotatable bonds is 6. The molecule has 2 aromatic carbocycles. The Bertz CT molecular complexity index is 883. The van der Waals surface area contributed by atoms with Crippen molar-refractivity contribution in [3.63, 3.8) is 0 Å². The Kier molecular flexibility index (Phi) is 6.73. The molecule has 0 saturated carbocycles. The third-order valence-corrected chi connectivity index (χ3v) is 4.64. The minimum Gasteiger partial charge on any atom is -1.00 e. The monoisotopic (exact) mass is 389 g/mol. The molecule has 0 amide bonds. The number of hydrogen-bond donors (Lipinski definition) is 2. The van der Waals surface area contributed by atoms with Crippen LogP contribution in [-0.2, 0) is 18.5 Å². The molecular weight excluding hydrogens is 362 g/mol. The van der Waals surface area contributed by atoms with E-state index >= 15 is 0 Å². The molecule has 27 heavy (non-hydrogen) atoms. The van der Waals surface area contributed by atoms with Gasteiger partial charge in [0.15, 0.2) is 0 Å². The van der Waals surface area contributed by atoms with E-state index < -0.39 is 0 Å². The summed E-state index contributed by atoms with van der Waals surface area (Å²) in [4.78, 5) is 0. The van der Waals surface area contributed by atoms with Crippen molar-refractivity contribution in [2.24, 2.45) is 0 Å². The molecule has 5 nitrogen and oxygen atoms in total. The highest BCUT2D eigenvalue weighted by Gasteiger charge is 2.20. The zero-order chi connectivity index (χ0) is 18.7. The first-order valence-corrected chi connectivity index (χ1v) is 9.02. The van der Waals surface area contributed by atoms with Crippen LogP contribution in [0.1, 0.15) is 26.3 Å². The molecule has 3 aromatic rings. The molecule has 1 aromatic heterocycles. The van der Waals surface area contributed by atoms with Gasteiger partial charge in [-0.05, 0) is 35.2 Å². The standard InChI is InChI=1S/C21H27N3O2.ClH/c1-21(2,3)16-8-10-17(11-9-16)26-15-13-24-19-7-5-4-6-18(19)23(12-14-25)20(24)22;/h4-11,22,25H,12-15H2,1-3H3;1H. The molecule has 3 N–H and O–H groups in total. The lowest BCUT2D eigenvalue weighted by molar-refractivity contribution is -0.658. The number of benzene rings is 2. The Labute approximate surface area is 166 Å². The molecule has 0 aliphatic rings. The largest absolute Gasteiger partial charge is 1.00 e. The smallest absolute Gasteiger partial charge is 0.356 e. The van der Waals surface area contributed by atoms with Gasteiger partial charge in [-0.25, -0.2) is 9.13 Å². The van der Waals surface area contributed by atoms with E-state index in [1.807, 2.05) is 45.5 Å². The maximum Gasteiger partial charge on any atom is 0.356 e. The average Bonchev–Trinajstić information content (AvgIpc) is 2.88. The lowest BCUT2D eigenvalue weighted by Crippen LogP contribution is -3.00. The molecule has 0 unspecified atom stereocenters. The molecule has 146 valence electrons. The number of nitrogens with zero attached hydrogens (tertiary/aromatic N) is 2. The fourth-order valence-electron chi connectivity index (χ4n) is 3.19. The van der Waals surface area contributed by atoms with Gasteiger partial charge in [0.25, 0.3) is 0 Å². The Balaban J connectivity index is 0.00000261. The highest BCUT2D eigenvalue weighted by atomic mass is 35.5. The SMILES string of the molecule is CC(C)(C)c1ccc(OCCn2c(N)[n+](CCO)c3ccccc32)cc1.[Cl-]. The molecule has 0 atom stereocenters. The molecule has 0 radical (unpaired) electrons. The van der Waals surface area contributed by atoms with Crippen molar-refractivity contribution in [1.82, 2.24) is 4.57 Å². The summed E-state index contributed by atoms with van der Waals surface area (Å²) < 4.78 is 9.89. The second-order valence-electron chi connectivity index (χ2n) is 7.50. The van der Waals surface area contributed by atoms with Crippen molar-refractivity contribution in [2.45, 2.75) is 39.3 Å². The van der Waals surface area contributed by atoms with Crippen molar-refractivity contribution in [3.8, 4) is 5.75 Å². The third kappa shape index (κ3) is 4.54. The fourth-order valence-corrected chi connectivity index (χ4v) is 3.19. The third-order valence-electron chi connectivity index (χ3n) is 4.64. The van der Waals surface area contributed by atoms with Crippen molar-refractivity contribution in [2.75, 3.05) is 18.9 Å². The molecule has 0 aliphatic carbocycles. The molecule has 0 saturated heterocycles. The summed E-state index contributed by atoms with van der Waals surface area (Å²) in [6, 6.07) is 16.3. The number of aliphatic hydroxyl groups excluding tert-OH is 1. The summed E-state index contributed by atoms with van der Waals surface area (Å²) in [7, 11) is 0. The number of ether oxygens (including phenoxy) is 1. The predicted molar refractivity (Wildman–Crippen MR) is 104 cm³/mol. The van der Waals surface area contributed by atoms with Crippen LogP contribution in [0.4, 0.5) is 5.95 Å². The van der Waals surface area contributed by atoms with Crippen LogP contribution in [0.15, 0.2) is 48.5 Å². The van der Waals surface area contributed by atoms with Gasteiger partial charge >= 0.3 is 5.95 Å². The maximum atomic E-state index is 9.31. The van der Waals surface area contributed by atoms with Crippen molar-refractivity contribution < 1.29 is 26.8 Å². The van der Waals surface area contributed by atoms with E-state index in [-0.39, 0.29) is 24.4 Å². The second-order valence-corrected chi connectivity index (χ2v) is 7.50. The quantitative estimate of drug-likeness (QED) is 0.578. The predicted octanol–water partition coefficient (Wildman–Crippen LogP) is -0.116. The number of aromatic nitrogens is 2. The van der Waals surface area contributed by atoms with Gasteiger partial charge in [-0.15, -0.1) is 0 Å². The summed E-state index contributed by atoms with van der Waals surface area (Å²) in [6.45, 7) is 8.30. The summed E-state index contributed by atoms with van der Waals surface area (Å²) in [5.74, 6) is 1.49. The number of fused-ring (bicyclic) bond motifs is 1. The number of halogens is 1. The first kappa shape index (κ1) is 21.1. The highest BCUT2D eigenvalue weighted by molar-refractivity contribution is 5.73. The average molecular weight is 390 g/mol. The van der Waals surface area contributed by atoms with Crippen LogP contribution in [0.5, 0.6) is 5.75 Å². The summed E-state index contributed by atoms with van der Waals surface area (Å²) >= 11 is 0. The number of anilines is 1. The zero-order valence-corrected chi connectivity index (χ0v) is 16.9.